The zero-order valence-corrected chi connectivity index (χ0v) is 12.8. The van der Waals surface area contributed by atoms with Crippen LogP contribution in [0.5, 0.6) is 0 Å². The van der Waals surface area contributed by atoms with Gasteiger partial charge in [0.15, 0.2) is 5.03 Å². The lowest BCUT2D eigenvalue weighted by molar-refractivity contribution is 0.0698. The third kappa shape index (κ3) is 3.12. The van der Waals surface area contributed by atoms with Gasteiger partial charge in [-0.1, -0.05) is 23.2 Å². The Morgan fingerprint density at radius 1 is 1.33 bits per heavy atom. The first-order valence-electron chi connectivity index (χ1n) is 5.48. The number of hydrogen-bond acceptors (Lipinski definition) is 4. The van der Waals surface area contributed by atoms with E-state index in [0.717, 1.165) is 6.20 Å². The number of nitrogens with one attached hydrogen (secondary N) is 2. The van der Waals surface area contributed by atoms with Crippen LogP contribution in [0, 0.1) is 6.92 Å². The number of aromatic carboxylic acids is 1. The molecule has 0 fully saturated rings. The van der Waals surface area contributed by atoms with E-state index in [0.29, 0.717) is 5.82 Å². The number of anilines is 1. The molecule has 0 bridgehead atoms. The van der Waals surface area contributed by atoms with Crippen LogP contribution in [0.2, 0.25) is 10.0 Å². The fourth-order valence-corrected chi connectivity index (χ4v) is 3.15. The number of benzene rings is 1. The number of halogens is 2. The van der Waals surface area contributed by atoms with Crippen molar-refractivity contribution >= 4 is 44.9 Å². The SMILES string of the molecule is Cc1ncc(S(=O)(=O)Nc2c(Cl)ccc(Cl)c2C(=O)O)[nH]1. The number of carboxylic acids is 1. The molecular weight excluding hydrogens is 341 g/mol. The van der Waals surface area contributed by atoms with Crippen molar-refractivity contribution in [1.29, 1.82) is 0 Å². The summed E-state index contributed by atoms with van der Waals surface area (Å²) in [7, 11) is -4.06. The molecule has 0 aliphatic heterocycles. The quantitative estimate of drug-likeness (QED) is 0.784. The number of imidazole rings is 1. The number of aromatic nitrogens is 2. The van der Waals surface area contributed by atoms with Crippen LogP contribution in [0.25, 0.3) is 0 Å². The standard InChI is InChI=1S/C11H9Cl2N3O4S/c1-5-14-4-8(15-5)21(19,20)16-10-7(13)3-2-6(12)9(10)11(17)18/h2-4,16H,1H3,(H,14,15)(H,17,18). The van der Waals surface area contributed by atoms with Crippen LogP contribution in [0.3, 0.4) is 0 Å². The summed E-state index contributed by atoms with van der Waals surface area (Å²) >= 11 is 11.7. The molecule has 112 valence electrons. The average molecular weight is 350 g/mol. The number of aryl methyl sites for hydroxylation is 1. The van der Waals surface area contributed by atoms with Gasteiger partial charge in [-0.2, -0.15) is 8.42 Å². The number of carbonyl (C=O) groups is 1. The Hall–Kier alpha value is -1.77. The smallest absolute Gasteiger partial charge is 0.339 e. The Morgan fingerprint density at radius 3 is 2.48 bits per heavy atom. The first-order chi connectivity index (χ1) is 9.72. The van der Waals surface area contributed by atoms with Gasteiger partial charge in [-0.3, -0.25) is 4.72 Å². The van der Waals surface area contributed by atoms with Gasteiger partial charge in [0.2, 0.25) is 0 Å². The van der Waals surface area contributed by atoms with Gasteiger partial charge in [0.25, 0.3) is 10.0 Å². The molecule has 2 aromatic rings. The molecule has 0 spiro atoms. The van der Waals surface area contributed by atoms with Crippen molar-refractivity contribution in [3.63, 3.8) is 0 Å². The molecule has 0 amide bonds. The summed E-state index contributed by atoms with van der Waals surface area (Å²) in [6.07, 6.45) is 1.11. The van der Waals surface area contributed by atoms with Gasteiger partial charge in [0.05, 0.1) is 21.9 Å². The highest BCUT2D eigenvalue weighted by atomic mass is 35.5. The van der Waals surface area contributed by atoms with E-state index in [2.05, 4.69) is 14.7 Å². The molecule has 1 aromatic heterocycles. The second kappa shape index (κ2) is 5.55. The molecule has 0 unspecified atom stereocenters. The van der Waals surface area contributed by atoms with Crippen LogP contribution in [0.4, 0.5) is 5.69 Å². The van der Waals surface area contributed by atoms with Crippen LogP contribution in [-0.4, -0.2) is 29.5 Å². The molecule has 0 radical (unpaired) electrons. The predicted molar refractivity (Wildman–Crippen MR) is 77.6 cm³/mol. The minimum atomic E-state index is -4.06. The highest BCUT2D eigenvalue weighted by Gasteiger charge is 2.24. The lowest BCUT2D eigenvalue weighted by atomic mass is 10.2. The zero-order valence-electron chi connectivity index (χ0n) is 10.5. The number of nitrogens with zero attached hydrogens (tertiary/aromatic N) is 1. The van der Waals surface area contributed by atoms with Gasteiger partial charge in [0.1, 0.15) is 11.4 Å². The lowest BCUT2D eigenvalue weighted by Gasteiger charge is -2.12. The molecule has 10 heteroatoms. The van der Waals surface area contributed by atoms with Crippen LogP contribution >= 0.6 is 23.2 Å². The van der Waals surface area contributed by atoms with E-state index in [-0.39, 0.29) is 20.8 Å². The van der Waals surface area contributed by atoms with Crippen LogP contribution in [-0.2, 0) is 10.0 Å². The molecule has 0 aliphatic carbocycles. The van der Waals surface area contributed by atoms with Crippen molar-refractivity contribution in [2.45, 2.75) is 11.9 Å². The number of hydrogen-bond donors (Lipinski definition) is 3. The number of rotatable bonds is 4. The largest absolute Gasteiger partial charge is 0.478 e. The zero-order chi connectivity index (χ0) is 15.8. The van der Waals surface area contributed by atoms with Crippen molar-refractivity contribution in [3.05, 3.63) is 39.8 Å². The summed E-state index contributed by atoms with van der Waals surface area (Å²) in [4.78, 5) is 17.5. The van der Waals surface area contributed by atoms with Gasteiger partial charge in [0, 0.05) is 0 Å². The summed E-state index contributed by atoms with van der Waals surface area (Å²) in [5.74, 6) is -1.01. The molecule has 0 saturated heterocycles. The average Bonchev–Trinajstić information content (AvgIpc) is 2.81. The lowest BCUT2D eigenvalue weighted by Crippen LogP contribution is -2.16. The topological polar surface area (TPSA) is 112 Å². The third-order valence-corrected chi connectivity index (χ3v) is 4.41. The Balaban J connectivity index is 2.54. The first kappa shape index (κ1) is 15.6. The summed E-state index contributed by atoms with van der Waals surface area (Å²) in [5.41, 5.74) is -0.729. The molecule has 2 rings (SSSR count). The summed E-state index contributed by atoms with van der Waals surface area (Å²) in [5, 5.41) is 8.71. The monoisotopic (exact) mass is 349 g/mol. The van der Waals surface area contributed by atoms with Crippen molar-refractivity contribution in [2.75, 3.05) is 4.72 Å². The fraction of sp³-hybridized carbons (Fsp3) is 0.0909. The van der Waals surface area contributed by atoms with E-state index < -0.39 is 21.6 Å². The molecule has 0 atom stereocenters. The van der Waals surface area contributed by atoms with Crippen molar-refractivity contribution in [2.24, 2.45) is 0 Å². The maximum atomic E-state index is 12.2. The minimum Gasteiger partial charge on any atom is -0.478 e. The maximum Gasteiger partial charge on any atom is 0.339 e. The van der Waals surface area contributed by atoms with Crippen LogP contribution < -0.4 is 4.72 Å². The van der Waals surface area contributed by atoms with Gasteiger partial charge in [-0.05, 0) is 19.1 Å². The van der Waals surface area contributed by atoms with Crippen molar-refractivity contribution in [3.8, 4) is 0 Å². The van der Waals surface area contributed by atoms with Crippen LogP contribution in [0.15, 0.2) is 23.4 Å². The Labute approximate surface area is 130 Å². The number of sulfonamides is 1. The van der Waals surface area contributed by atoms with E-state index in [1.54, 1.807) is 6.92 Å². The second-order valence-corrected chi connectivity index (χ2v) is 6.49. The van der Waals surface area contributed by atoms with E-state index in [4.69, 9.17) is 28.3 Å². The molecule has 7 nitrogen and oxygen atoms in total. The van der Waals surface area contributed by atoms with E-state index >= 15 is 0 Å². The van der Waals surface area contributed by atoms with Gasteiger partial charge in [-0.25, -0.2) is 9.78 Å². The molecular formula is C11H9Cl2N3O4S. The highest BCUT2D eigenvalue weighted by Crippen LogP contribution is 2.33. The van der Waals surface area contributed by atoms with E-state index in [1.807, 2.05) is 0 Å². The maximum absolute atomic E-state index is 12.2. The Morgan fingerprint density at radius 2 is 1.95 bits per heavy atom. The van der Waals surface area contributed by atoms with Gasteiger partial charge in [-0.15, -0.1) is 0 Å². The number of aromatic amines is 1. The van der Waals surface area contributed by atoms with E-state index in [9.17, 15) is 13.2 Å². The number of H-pyrrole nitrogens is 1. The summed E-state index contributed by atoms with van der Waals surface area (Å²) in [6.45, 7) is 1.58. The molecule has 0 saturated carbocycles. The predicted octanol–water partition coefficient (Wildman–Crippen LogP) is 2.52. The molecule has 1 aromatic carbocycles. The molecule has 0 aliphatic rings. The van der Waals surface area contributed by atoms with Crippen molar-refractivity contribution in [1.82, 2.24) is 9.97 Å². The summed E-state index contributed by atoms with van der Waals surface area (Å²) in [6, 6.07) is 2.57. The van der Waals surface area contributed by atoms with Crippen LogP contribution in [0.1, 0.15) is 16.2 Å². The molecule has 1 heterocycles. The highest BCUT2D eigenvalue weighted by molar-refractivity contribution is 7.92. The molecule has 21 heavy (non-hydrogen) atoms. The van der Waals surface area contributed by atoms with Gasteiger partial charge >= 0.3 is 5.97 Å². The second-order valence-electron chi connectivity index (χ2n) is 4.02. The third-order valence-electron chi connectivity index (χ3n) is 2.52. The normalized spacial score (nSPS) is 11.4. The molecule has 3 N–H and O–H groups in total. The van der Waals surface area contributed by atoms with Gasteiger partial charge < -0.3 is 10.1 Å². The van der Waals surface area contributed by atoms with Crippen molar-refractivity contribution < 1.29 is 18.3 Å². The fourth-order valence-electron chi connectivity index (χ4n) is 1.58. The minimum absolute atomic E-state index is 0.0865. The first-order valence-corrected chi connectivity index (χ1v) is 7.72. The Bertz CT molecular complexity index is 817. The summed E-state index contributed by atoms with van der Waals surface area (Å²) < 4.78 is 26.5. The number of carboxylic acid groups (broad SMARTS) is 1. The Kier molecular flexibility index (Phi) is 4.13. The van der Waals surface area contributed by atoms with E-state index in [1.165, 1.54) is 12.1 Å².